The summed E-state index contributed by atoms with van der Waals surface area (Å²) in [5.41, 5.74) is 3.16. The summed E-state index contributed by atoms with van der Waals surface area (Å²) in [6.45, 7) is 5.28. The summed E-state index contributed by atoms with van der Waals surface area (Å²) in [6, 6.07) is 18.3. The average molecular weight is 352 g/mol. The van der Waals surface area contributed by atoms with Crippen molar-refractivity contribution in [2.75, 3.05) is 19.7 Å². The molecule has 4 heteroatoms. The lowest BCUT2D eigenvalue weighted by atomic mass is 10.0. The fraction of sp³-hybridized carbons (Fsp3) is 0.409. The van der Waals surface area contributed by atoms with Crippen LogP contribution in [0.5, 0.6) is 0 Å². The van der Waals surface area contributed by atoms with Crippen molar-refractivity contribution in [3.8, 4) is 0 Å². The Balaban J connectivity index is 1.46. The number of benzene rings is 2. The van der Waals surface area contributed by atoms with Crippen molar-refractivity contribution >= 4 is 5.91 Å². The van der Waals surface area contributed by atoms with E-state index in [2.05, 4.69) is 47.9 Å². The van der Waals surface area contributed by atoms with Gasteiger partial charge in [0.1, 0.15) is 0 Å². The van der Waals surface area contributed by atoms with Gasteiger partial charge >= 0.3 is 0 Å². The van der Waals surface area contributed by atoms with Crippen LogP contribution in [-0.2, 0) is 11.3 Å². The van der Waals surface area contributed by atoms with Gasteiger partial charge in [-0.1, -0.05) is 49.4 Å². The second-order valence-corrected chi connectivity index (χ2v) is 6.99. The van der Waals surface area contributed by atoms with Crippen molar-refractivity contribution in [1.29, 1.82) is 0 Å². The number of amides is 1. The Hall–Kier alpha value is -2.17. The monoisotopic (exact) mass is 352 g/mol. The van der Waals surface area contributed by atoms with E-state index in [1.54, 1.807) is 0 Å². The van der Waals surface area contributed by atoms with Gasteiger partial charge in [-0.2, -0.15) is 0 Å². The third kappa shape index (κ3) is 5.41. The average Bonchev–Trinajstić information content (AvgIpc) is 3.20. The van der Waals surface area contributed by atoms with E-state index in [-0.39, 0.29) is 12.0 Å². The summed E-state index contributed by atoms with van der Waals surface area (Å²) in [5, 5.41) is 6.47. The van der Waals surface area contributed by atoms with Crippen LogP contribution in [0, 0.1) is 0 Å². The van der Waals surface area contributed by atoms with E-state index in [4.69, 9.17) is 4.74 Å². The first kappa shape index (κ1) is 18.6. The van der Waals surface area contributed by atoms with Crippen LogP contribution < -0.4 is 10.6 Å². The predicted molar refractivity (Wildman–Crippen MR) is 104 cm³/mol. The van der Waals surface area contributed by atoms with Crippen molar-refractivity contribution in [1.82, 2.24) is 10.6 Å². The van der Waals surface area contributed by atoms with Crippen molar-refractivity contribution in [2.45, 2.75) is 38.3 Å². The molecule has 0 bridgehead atoms. The zero-order valence-corrected chi connectivity index (χ0v) is 15.4. The van der Waals surface area contributed by atoms with Crippen molar-refractivity contribution in [2.24, 2.45) is 0 Å². The van der Waals surface area contributed by atoms with Gasteiger partial charge in [0.15, 0.2) is 0 Å². The number of carbonyl (C=O) groups excluding carboxylic acids is 1. The Bertz CT molecular complexity index is 696. The molecule has 0 aliphatic carbocycles. The SMILES string of the molecule is CC(CNCc1cccc(C(=O)NCC2CCCO2)c1)c1ccccc1. The van der Waals surface area contributed by atoms with E-state index in [0.717, 1.165) is 38.1 Å². The van der Waals surface area contributed by atoms with Gasteiger partial charge in [-0.3, -0.25) is 4.79 Å². The van der Waals surface area contributed by atoms with Crippen LogP contribution in [0.2, 0.25) is 0 Å². The van der Waals surface area contributed by atoms with E-state index < -0.39 is 0 Å². The van der Waals surface area contributed by atoms with Crippen LogP contribution in [0.25, 0.3) is 0 Å². The molecule has 4 nitrogen and oxygen atoms in total. The molecule has 0 radical (unpaired) electrons. The largest absolute Gasteiger partial charge is 0.376 e. The summed E-state index contributed by atoms with van der Waals surface area (Å²) in [4.78, 5) is 12.3. The molecule has 1 aliphatic rings. The molecule has 0 saturated carbocycles. The molecule has 2 aromatic carbocycles. The second-order valence-electron chi connectivity index (χ2n) is 6.99. The van der Waals surface area contributed by atoms with Crippen LogP contribution >= 0.6 is 0 Å². The van der Waals surface area contributed by atoms with E-state index in [0.29, 0.717) is 18.0 Å². The molecule has 1 saturated heterocycles. The minimum atomic E-state index is -0.0278. The molecule has 2 unspecified atom stereocenters. The molecule has 1 fully saturated rings. The third-order valence-corrected chi connectivity index (χ3v) is 4.85. The highest BCUT2D eigenvalue weighted by Gasteiger charge is 2.16. The molecule has 2 atom stereocenters. The Morgan fingerprint density at radius 3 is 2.81 bits per heavy atom. The molecule has 26 heavy (non-hydrogen) atoms. The van der Waals surface area contributed by atoms with Crippen LogP contribution in [0.15, 0.2) is 54.6 Å². The van der Waals surface area contributed by atoms with Gasteiger partial charge in [-0.25, -0.2) is 0 Å². The summed E-state index contributed by atoms with van der Waals surface area (Å²) in [6.07, 6.45) is 2.29. The zero-order chi connectivity index (χ0) is 18.2. The fourth-order valence-electron chi connectivity index (χ4n) is 3.27. The van der Waals surface area contributed by atoms with E-state index in [1.165, 1.54) is 5.56 Å². The van der Waals surface area contributed by atoms with Crippen LogP contribution in [0.1, 0.15) is 47.2 Å². The molecule has 1 amide bonds. The molecule has 3 rings (SSSR count). The molecular formula is C22H28N2O2. The van der Waals surface area contributed by atoms with Crippen molar-refractivity contribution < 1.29 is 9.53 Å². The topological polar surface area (TPSA) is 50.4 Å². The highest BCUT2D eigenvalue weighted by molar-refractivity contribution is 5.94. The van der Waals surface area contributed by atoms with E-state index >= 15 is 0 Å². The highest BCUT2D eigenvalue weighted by Crippen LogP contribution is 2.14. The first-order chi connectivity index (χ1) is 12.7. The Kier molecular flexibility index (Phi) is 6.81. The molecule has 138 valence electrons. The van der Waals surface area contributed by atoms with E-state index in [1.807, 2.05) is 24.3 Å². The van der Waals surface area contributed by atoms with Gasteiger partial charge in [-0.15, -0.1) is 0 Å². The molecule has 2 N–H and O–H groups in total. The zero-order valence-electron chi connectivity index (χ0n) is 15.4. The lowest BCUT2D eigenvalue weighted by Crippen LogP contribution is -2.31. The van der Waals surface area contributed by atoms with Gasteiger partial charge in [0.25, 0.3) is 5.91 Å². The maximum atomic E-state index is 12.3. The second kappa shape index (κ2) is 9.51. The van der Waals surface area contributed by atoms with Gasteiger partial charge in [-0.05, 0) is 42.0 Å². The highest BCUT2D eigenvalue weighted by atomic mass is 16.5. The summed E-state index contributed by atoms with van der Waals surface area (Å²) in [5.74, 6) is 0.425. The number of hydrogen-bond acceptors (Lipinski definition) is 3. The molecule has 1 heterocycles. The number of nitrogens with one attached hydrogen (secondary N) is 2. The number of rotatable bonds is 8. The van der Waals surface area contributed by atoms with Crippen LogP contribution in [0.4, 0.5) is 0 Å². The maximum absolute atomic E-state index is 12.3. The van der Waals surface area contributed by atoms with Gasteiger partial charge in [0.05, 0.1) is 6.10 Å². The normalized spacial score (nSPS) is 17.8. The van der Waals surface area contributed by atoms with Gasteiger partial charge < -0.3 is 15.4 Å². The minimum Gasteiger partial charge on any atom is -0.376 e. The summed E-state index contributed by atoms with van der Waals surface area (Å²) >= 11 is 0. The number of hydrogen-bond donors (Lipinski definition) is 2. The standard InChI is InChI=1S/C22H28N2O2/c1-17(19-8-3-2-4-9-19)14-23-15-18-7-5-10-20(13-18)22(25)24-16-21-11-6-12-26-21/h2-5,7-10,13,17,21,23H,6,11-12,14-16H2,1H3,(H,24,25). The van der Waals surface area contributed by atoms with Crippen molar-refractivity contribution in [3.63, 3.8) is 0 Å². The predicted octanol–water partition coefficient (Wildman–Crippen LogP) is 3.49. The third-order valence-electron chi connectivity index (χ3n) is 4.85. The lowest BCUT2D eigenvalue weighted by Gasteiger charge is -2.14. The fourth-order valence-corrected chi connectivity index (χ4v) is 3.27. The maximum Gasteiger partial charge on any atom is 0.251 e. The molecule has 0 spiro atoms. The molecule has 0 aromatic heterocycles. The number of ether oxygens (including phenoxy) is 1. The first-order valence-corrected chi connectivity index (χ1v) is 9.47. The summed E-state index contributed by atoms with van der Waals surface area (Å²) in [7, 11) is 0. The molecule has 1 aliphatic heterocycles. The minimum absolute atomic E-state index is 0.0278. The smallest absolute Gasteiger partial charge is 0.251 e. The van der Waals surface area contributed by atoms with Crippen LogP contribution in [-0.4, -0.2) is 31.7 Å². The molecule has 2 aromatic rings. The Morgan fingerprint density at radius 1 is 1.19 bits per heavy atom. The van der Waals surface area contributed by atoms with Crippen LogP contribution in [0.3, 0.4) is 0 Å². The van der Waals surface area contributed by atoms with Gasteiger partial charge in [0.2, 0.25) is 0 Å². The number of carbonyl (C=O) groups is 1. The molecular weight excluding hydrogens is 324 g/mol. The van der Waals surface area contributed by atoms with E-state index in [9.17, 15) is 4.79 Å². The summed E-state index contributed by atoms with van der Waals surface area (Å²) < 4.78 is 5.55. The quantitative estimate of drug-likeness (QED) is 0.765. The van der Waals surface area contributed by atoms with Crippen molar-refractivity contribution in [3.05, 3.63) is 71.3 Å². The Morgan fingerprint density at radius 2 is 2.04 bits per heavy atom. The first-order valence-electron chi connectivity index (χ1n) is 9.47. The lowest BCUT2D eigenvalue weighted by molar-refractivity contribution is 0.0857. The Labute approximate surface area is 156 Å². The van der Waals surface area contributed by atoms with Gasteiger partial charge in [0, 0.05) is 31.8 Å².